The number of benzene rings is 2. The Kier molecular flexibility index (Phi) is 17.7. The first-order valence-electron chi connectivity index (χ1n) is 17.1. The summed E-state index contributed by atoms with van der Waals surface area (Å²) in [4.78, 5) is 25.1. The van der Waals surface area contributed by atoms with Crippen molar-refractivity contribution in [3.05, 3.63) is 64.3 Å². The molecule has 2 aromatic rings. The fourth-order valence-electron chi connectivity index (χ4n) is 5.14. The van der Waals surface area contributed by atoms with E-state index in [-0.39, 0.29) is 30.5 Å². The highest BCUT2D eigenvalue weighted by molar-refractivity contribution is 6.33. The summed E-state index contributed by atoms with van der Waals surface area (Å²) in [5, 5.41) is 14.0. The fourth-order valence-corrected chi connectivity index (χ4v) is 5.31. The third kappa shape index (κ3) is 14.5. The molecule has 0 aliphatic heterocycles. The molecule has 46 heavy (non-hydrogen) atoms. The van der Waals surface area contributed by atoms with E-state index in [9.17, 15) is 14.7 Å². The first-order chi connectivity index (χ1) is 22.0. The van der Waals surface area contributed by atoms with Gasteiger partial charge in [-0.3, -0.25) is 0 Å². The van der Waals surface area contributed by atoms with Gasteiger partial charge < -0.3 is 24.6 Å². The fraction of sp³-hybridized carbons (Fsp3) is 0.579. The van der Waals surface area contributed by atoms with Crippen LogP contribution in [0.1, 0.15) is 135 Å². The lowest BCUT2D eigenvalue weighted by Crippen LogP contribution is -2.25. The maximum absolute atomic E-state index is 13.2. The zero-order chi connectivity index (χ0) is 34.0. The first-order valence-corrected chi connectivity index (χ1v) is 17.5. The van der Waals surface area contributed by atoms with Crippen molar-refractivity contribution in [1.82, 2.24) is 0 Å². The number of phenolic OH excluding ortho intramolecular Hbond substituents is 1. The predicted molar refractivity (Wildman–Crippen MR) is 188 cm³/mol. The van der Waals surface area contributed by atoms with Gasteiger partial charge in [-0.15, -0.1) is 0 Å². The van der Waals surface area contributed by atoms with Crippen molar-refractivity contribution in [2.24, 2.45) is 0 Å². The number of esters is 2. The van der Waals surface area contributed by atoms with Crippen LogP contribution in [0.3, 0.4) is 0 Å². The van der Waals surface area contributed by atoms with Crippen LogP contribution < -0.4 is 10.1 Å². The van der Waals surface area contributed by atoms with E-state index in [1.807, 2.05) is 33.8 Å². The minimum atomic E-state index is -0.495. The molecule has 1 unspecified atom stereocenters. The zero-order valence-electron chi connectivity index (χ0n) is 28.9. The van der Waals surface area contributed by atoms with Gasteiger partial charge in [0.25, 0.3) is 0 Å². The van der Waals surface area contributed by atoms with Crippen molar-refractivity contribution in [3.8, 4) is 11.5 Å². The minimum Gasteiger partial charge on any atom is -0.508 e. The van der Waals surface area contributed by atoms with E-state index < -0.39 is 11.9 Å². The first kappa shape index (κ1) is 39.0. The molecule has 0 fully saturated rings. The second-order valence-electron chi connectivity index (χ2n) is 12.8. The summed E-state index contributed by atoms with van der Waals surface area (Å²) in [5.74, 6) is -0.0811. The molecule has 0 aliphatic carbocycles. The van der Waals surface area contributed by atoms with Crippen LogP contribution in [0.4, 0.5) is 5.69 Å². The highest BCUT2D eigenvalue weighted by atomic mass is 35.5. The van der Waals surface area contributed by atoms with Crippen molar-refractivity contribution in [1.29, 1.82) is 0 Å². The summed E-state index contributed by atoms with van der Waals surface area (Å²) in [6.07, 6.45) is 14.6. The molecule has 2 rings (SSSR count). The van der Waals surface area contributed by atoms with Crippen LogP contribution in [-0.4, -0.2) is 36.4 Å². The van der Waals surface area contributed by atoms with Crippen LogP contribution in [0, 0.1) is 0 Å². The third-order valence-corrected chi connectivity index (χ3v) is 8.15. The molecule has 0 aromatic heterocycles. The number of rotatable bonds is 21. The van der Waals surface area contributed by atoms with Gasteiger partial charge >= 0.3 is 11.9 Å². The molecule has 1 atom stereocenters. The van der Waals surface area contributed by atoms with Gasteiger partial charge in [0.05, 0.1) is 22.9 Å². The average molecular weight is 658 g/mol. The van der Waals surface area contributed by atoms with Gasteiger partial charge in [0.1, 0.15) is 24.2 Å². The summed E-state index contributed by atoms with van der Waals surface area (Å²) in [6.45, 7) is 12.4. The Morgan fingerprint density at radius 3 is 2.15 bits per heavy atom. The van der Waals surface area contributed by atoms with Crippen LogP contribution >= 0.6 is 11.6 Å². The smallest absolute Gasteiger partial charge is 0.338 e. The molecule has 0 spiro atoms. The molecule has 2 aromatic carbocycles. The van der Waals surface area contributed by atoms with Crippen LogP contribution in [0.25, 0.3) is 0 Å². The second kappa shape index (κ2) is 20.8. The van der Waals surface area contributed by atoms with Crippen LogP contribution in [0.15, 0.2) is 48.2 Å². The number of nitrogens with one attached hydrogen (secondary N) is 1. The Balaban J connectivity index is 2.07. The molecular formula is C38H56ClNO6. The molecule has 8 heteroatoms. The number of ether oxygens (including phenoxy) is 3. The van der Waals surface area contributed by atoms with E-state index in [4.69, 9.17) is 25.8 Å². The van der Waals surface area contributed by atoms with Crippen molar-refractivity contribution >= 4 is 29.2 Å². The highest BCUT2D eigenvalue weighted by Crippen LogP contribution is 2.34. The van der Waals surface area contributed by atoms with Crippen molar-refractivity contribution in [2.75, 3.05) is 18.5 Å². The Morgan fingerprint density at radius 1 is 0.891 bits per heavy atom. The summed E-state index contributed by atoms with van der Waals surface area (Å²) in [6, 6.07) is 10.1. The standard InChI is InChI=1S/C38H56ClNO6/c1-7-10-11-12-13-14-15-16-17-18-19-31(46-30-21-23-35(41)32(26-30)38(4,5)6)27-45-37(43)28-20-22-33(39)34(24-28)40-29(8-2)25-36(42)44-9-3/h20-26,31,40-41H,7-19,27H2,1-6H3. The van der Waals surface area contributed by atoms with E-state index in [1.165, 1.54) is 57.4 Å². The molecule has 7 nitrogen and oxygen atoms in total. The number of carbonyl (C=O) groups is 2. The third-order valence-electron chi connectivity index (χ3n) is 7.82. The van der Waals surface area contributed by atoms with Crippen molar-refractivity contribution in [3.63, 3.8) is 0 Å². The molecule has 0 aliphatic rings. The lowest BCUT2D eigenvalue weighted by molar-refractivity contribution is -0.137. The molecular weight excluding hydrogens is 602 g/mol. The molecule has 0 saturated heterocycles. The largest absolute Gasteiger partial charge is 0.508 e. The molecule has 0 saturated carbocycles. The van der Waals surface area contributed by atoms with Gasteiger partial charge in [-0.1, -0.05) is 104 Å². The molecule has 0 bridgehead atoms. The van der Waals surface area contributed by atoms with Gasteiger partial charge in [-0.25, -0.2) is 9.59 Å². The molecule has 0 amide bonds. The number of halogens is 1. The van der Waals surface area contributed by atoms with E-state index in [1.54, 1.807) is 37.3 Å². The number of unbranched alkanes of at least 4 members (excludes halogenated alkanes) is 9. The van der Waals surface area contributed by atoms with Gasteiger partial charge in [-0.2, -0.15) is 0 Å². The molecule has 2 N–H and O–H groups in total. The topological polar surface area (TPSA) is 94.1 Å². The summed E-state index contributed by atoms with van der Waals surface area (Å²) in [7, 11) is 0. The van der Waals surface area contributed by atoms with Gasteiger partial charge in [0, 0.05) is 17.3 Å². The quantitative estimate of drug-likeness (QED) is 0.0783. The molecule has 0 radical (unpaired) electrons. The monoisotopic (exact) mass is 657 g/mol. The van der Waals surface area contributed by atoms with E-state index in [2.05, 4.69) is 12.2 Å². The Bertz CT molecular complexity index is 1250. The molecule has 0 heterocycles. The van der Waals surface area contributed by atoms with E-state index in [0.717, 1.165) is 24.8 Å². The number of hydrogen-bond acceptors (Lipinski definition) is 7. The number of allylic oxidation sites excluding steroid dienone is 1. The number of hydrogen-bond donors (Lipinski definition) is 2. The van der Waals surface area contributed by atoms with Crippen LogP contribution in [-0.2, 0) is 19.7 Å². The average Bonchev–Trinajstić information content (AvgIpc) is 3.01. The Labute approximate surface area is 282 Å². The Morgan fingerprint density at radius 2 is 1.54 bits per heavy atom. The van der Waals surface area contributed by atoms with Gasteiger partial charge in [0.15, 0.2) is 0 Å². The second-order valence-corrected chi connectivity index (χ2v) is 13.2. The summed E-state index contributed by atoms with van der Waals surface area (Å²) >= 11 is 6.41. The van der Waals surface area contributed by atoms with Gasteiger partial charge in [-0.05, 0) is 68.0 Å². The van der Waals surface area contributed by atoms with Gasteiger partial charge in [0.2, 0.25) is 0 Å². The zero-order valence-corrected chi connectivity index (χ0v) is 29.6. The number of aromatic hydroxyl groups is 1. The van der Waals surface area contributed by atoms with Crippen LogP contribution in [0.2, 0.25) is 5.02 Å². The maximum atomic E-state index is 13.2. The summed E-state index contributed by atoms with van der Waals surface area (Å²) < 4.78 is 17.2. The molecule has 256 valence electrons. The SMILES string of the molecule is CCCCCCCCCCCCC(COC(=O)c1ccc(Cl)c(NC(=CC(=O)OCC)CC)c1)Oc1ccc(O)c(C(C)(C)C)c1. The maximum Gasteiger partial charge on any atom is 0.338 e. The predicted octanol–water partition coefficient (Wildman–Crippen LogP) is 10.5. The Hall–Kier alpha value is -3.19. The summed E-state index contributed by atoms with van der Waals surface area (Å²) in [5.41, 5.74) is 1.97. The minimum absolute atomic E-state index is 0.0797. The number of phenols is 1. The highest BCUT2D eigenvalue weighted by Gasteiger charge is 2.21. The van der Waals surface area contributed by atoms with Crippen LogP contribution in [0.5, 0.6) is 11.5 Å². The lowest BCUT2D eigenvalue weighted by Gasteiger charge is -2.23. The number of anilines is 1. The van der Waals surface area contributed by atoms with Crippen molar-refractivity contribution < 1.29 is 28.9 Å². The normalized spacial score (nSPS) is 12.5. The number of carbonyl (C=O) groups excluding carboxylic acids is 2. The van der Waals surface area contributed by atoms with E-state index in [0.29, 0.717) is 34.1 Å². The lowest BCUT2D eigenvalue weighted by atomic mass is 9.86. The van der Waals surface area contributed by atoms with Crippen molar-refractivity contribution in [2.45, 2.75) is 130 Å². The van der Waals surface area contributed by atoms with E-state index >= 15 is 0 Å².